The molecule has 0 amide bonds. The Morgan fingerprint density at radius 1 is 1.47 bits per heavy atom. The van der Waals surface area contributed by atoms with Crippen molar-refractivity contribution in [2.45, 2.75) is 24.7 Å². The number of ether oxygens (including phenoxy) is 1. The summed E-state index contributed by atoms with van der Waals surface area (Å²) < 4.78 is 32.3. The third-order valence-corrected chi connectivity index (χ3v) is 4.21. The Morgan fingerprint density at radius 3 is 3.00 bits per heavy atom. The molecule has 19 heavy (non-hydrogen) atoms. The number of sulfonamides is 1. The van der Waals surface area contributed by atoms with Gasteiger partial charge in [-0.1, -0.05) is 5.92 Å². The Labute approximate surface area is 113 Å². The van der Waals surface area contributed by atoms with Crippen molar-refractivity contribution in [1.82, 2.24) is 4.72 Å². The van der Waals surface area contributed by atoms with E-state index in [1.165, 1.54) is 6.07 Å². The average molecular weight is 280 g/mol. The number of benzene rings is 1. The van der Waals surface area contributed by atoms with Crippen LogP contribution in [0.25, 0.3) is 0 Å². The summed E-state index contributed by atoms with van der Waals surface area (Å²) >= 11 is 0. The lowest BCUT2D eigenvalue weighted by atomic mass is 10.1. The van der Waals surface area contributed by atoms with Crippen LogP contribution >= 0.6 is 0 Å². The van der Waals surface area contributed by atoms with E-state index in [9.17, 15) is 8.42 Å². The molecule has 1 aromatic carbocycles. The highest BCUT2D eigenvalue weighted by Crippen LogP contribution is 2.34. The van der Waals surface area contributed by atoms with Crippen molar-refractivity contribution in [2.75, 3.05) is 18.9 Å². The highest BCUT2D eigenvalue weighted by atomic mass is 32.2. The number of aryl methyl sites for hydroxylation is 1. The Balaban J connectivity index is 2.42. The van der Waals surface area contributed by atoms with Crippen LogP contribution in [0.4, 0.5) is 5.69 Å². The Bertz CT molecular complexity index is 642. The molecule has 102 valence electrons. The summed E-state index contributed by atoms with van der Waals surface area (Å²) in [6, 6.07) is 3.19. The molecule has 0 spiro atoms. The van der Waals surface area contributed by atoms with Crippen LogP contribution in [0, 0.1) is 11.8 Å². The van der Waals surface area contributed by atoms with Gasteiger partial charge in [-0.2, -0.15) is 4.72 Å². The lowest BCUT2D eigenvalue weighted by Crippen LogP contribution is -2.26. The summed E-state index contributed by atoms with van der Waals surface area (Å²) in [7, 11) is -3.65. The van der Waals surface area contributed by atoms with E-state index in [4.69, 9.17) is 10.5 Å². The van der Waals surface area contributed by atoms with Gasteiger partial charge in [-0.3, -0.25) is 0 Å². The first-order chi connectivity index (χ1) is 9.04. The number of nitrogen functional groups attached to an aromatic ring is 1. The van der Waals surface area contributed by atoms with Gasteiger partial charge in [0.15, 0.2) is 0 Å². The van der Waals surface area contributed by atoms with Gasteiger partial charge in [-0.05, 0) is 37.5 Å². The number of hydrogen-bond acceptors (Lipinski definition) is 4. The van der Waals surface area contributed by atoms with Gasteiger partial charge < -0.3 is 10.5 Å². The van der Waals surface area contributed by atoms with Gasteiger partial charge in [0.1, 0.15) is 10.6 Å². The average Bonchev–Trinajstić information content (AvgIpc) is 2.38. The minimum Gasteiger partial charge on any atom is -0.492 e. The van der Waals surface area contributed by atoms with E-state index >= 15 is 0 Å². The van der Waals surface area contributed by atoms with E-state index in [1.54, 1.807) is 13.0 Å². The predicted octanol–water partition coefficient (Wildman–Crippen LogP) is 0.895. The maximum absolute atomic E-state index is 12.2. The fraction of sp³-hybridized carbons (Fsp3) is 0.385. The molecular formula is C13H16N2O3S. The van der Waals surface area contributed by atoms with E-state index < -0.39 is 10.0 Å². The van der Waals surface area contributed by atoms with Gasteiger partial charge in [-0.25, -0.2) is 8.42 Å². The molecule has 0 atom stereocenters. The number of nitrogens with two attached hydrogens (primary N) is 1. The molecule has 1 heterocycles. The second-order valence-electron chi connectivity index (χ2n) is 4.21. The smallest absolute Gasteiger partial charge is 0.245 e. The molecule has 1 aromatic rings. The van der Waals surface area contributed by atoms with Crippen molar-refractivity contribution in [2.24, 2.45) is 0 Å². The zero-order valence-corrected chi connectivity index (χ0v) is 11.5. The summed E-state index contributed by atoms with van der Waals surface area (Å²) in [5, 5.41) is 0. The van der Waals surface area contributed by atoms with Gasteiger partial charge in [0.25, 0.3) is 0 Å². The van der Waals surface area contributed by atoms with Crippen LogP contribution in [0.1, 0.15) is 18.9 Å². The monoisotopic (exact) mass is 280 g/mol. The molecule has 0 saturated heterocycles. The van der Waals surface area contributed by atoms with Crippen molar-refractivity contribution in [1.29, 1.82) is 0 Å². The van der Waals surface area contributed by atoms with Crippen LogP contribution in [0.2, 0.25) is 0 Å². The maximum atomic E-state index is 12.2. The normalized spacial score (nSPS) is 13.9. The Morgan fingerprint density at radius 2 is 2.26 bits per heavy atom. The Hall–Kier alpha value is -1.71. The van der Waals surface area contributed by atoms with Gasteiger partial charge >= 0.3 is 0 Å². The predicted molar refractivity (Wildman–Crippen MR) is 73.3 cm³/mol. The molecule has 2 rings (SSSR count). The molecule has 0 aliphatic carbocycles. The van der Waals surface area contributed by atoms with Crippen LogP contribution in [0.15, 0.2) is 17.0 Å². The molecule has 0 radical (unpaired) electrons. The fourth-order valence-corrected chi connectivity index (χ4v) is 3.11. The van der Waals surface area contributed by atoms with Crippen molar-refractivity contribution in [3.8, 4) is 17.6 Å². The maximum Gasteiger partial charge on any atom is 0.245 e. The van der Waals surface area contributed by atoms with E-state index in [2.05, 4.69) is 16.6 Å². The Kier molecular flexibility index (Phi) is 3.98. The van der Waals surface area contributed by atoms with Gasteiger partial charge in [0, 0.05) is 5.69 Å². The van der Waals surface area contributed by atoms with Crippen molar-refractivity contribution >= 4 is 15.7 Å². The third-order valence-electron chi connectivity index (χ3n) is 2.81. The summed E-state index contributed by atoms with van der Waals surface area (Å²) in [5.74, 6) is 5.70. The van der Waals surface area contributed by atoms with E-state index in [0.717, 1.165) is 18.4 Å². The van der Waals surface area contributed by atoms with Crippen molar-refractivity contribution in [3.05, 3.63) is 17.7 Å². The lowest BCUT2D eigenvalue weighted by Gasteiger charge is -2.20. The van der Waals surface area contributed by atoms with Crippen LogP contribution in [-0.2, 0) is 16.4 Å². The first-order valence-electron chi connectivity index (χ1n) is 5.99. The summed E-state index contributed by atoms with van der Waals surface area (Å²) in [6.07, 6.45) is 1.64. The molecule has 3 N–H and O–H groups in total. The quantitative estimate of drug-likeness (QED) is 0.636. The third kappa shape index (κ3) is 3.00. The molecule has 0 saturated carbocycles. The minimum absolute atomic E-state index is 0.0718. The summed E-state index contributed by atoms with van der Waals surface area (Å²) in [6.45, 7) is 2.25. The van der Waals surface area contributed by atoms with Crippen molar-refractivity contribution in [3.63, 3.8) is 0 Å². The summed E-state index contributed by atoms with van der Waals surface area (Å²) in [5.41, 5.74) is 7.02. The molecule has 6 heteroatoms. The second-order valence-corrected chi connectivity index (χ2v) is 5.95. The van der Waals surface area contributed by atoms with Crippen molar-refractivity contribution < 1.29 is 13.2 Å². The number of rotatable bonds is 3. The number of hydrogen-bond donors (Lipinski definition) is 2. The van der Waals surface area contributed by atoms with Crippen LogP contribution < -0.4 is 15.2 Å². The van der Waals surface area contributed by atoms with Gasteiger partial charge in [-0.15, -0.1) is 5.92 Å². The van der Waals surface area contributed by atoms with Gasteiger partial charge in [0.05, 0.1) is 13.2 Å². The van der Waals surface area contributed by atoms with E-state index in [-0.39, 0.29) is 11.4 Å². The fourth-order valence-electron chi connectivity index (χ4n) is 1.97. The first-order valence-corrected chi connectivity index (χ1v) is 7.47. The molecule has 0 aromatic heterocycles. The first kappa shape index (κ1) is 13.7. The number of fused-ring (bicyclic) bond motifs is 1. The zero-order valence-electron chi connectivity index (χ0n) is 10.7. The van der Waals surface area contributed by atoms with Gasteiger partial charge in [0.2, 0.25) is 10.0 Å². The SMILES string of the molecule is CC#CCNS(=O)(=O)c1cc(N)cc2c1OCCC2. The highest BCUT2D eigenvalue weighted by Gasteiger charge is 2.24. The molecule has 0 bridgehead atoms. The topological polar surface area (TPSA) is 81.4 Å². The standard InChI is InChI=1S/C13H16N2O3S/c1-2-3-6-15-19(16,17)12-9-11(14)8-10-5-4-7-18-13(10)12/h8-9,15H,4-7,14H2,1H3. The number of nitrogens with one attached hydrogen (secondary N) is 1. The largest absolute Gasteiger partial charge is 0.492 e. The molecule has 1 aliphatic rings. The number of anilines is 1. The molecular weight excluding hydrogens is 264 g/mol. The molecule has 0 fully saturated rings. The highest BCUT2D eigenvalue weighted by molar-refractivity contribution is 7.89. The van der Waals surface area contributed by atoms with Crippen LogP contribution in [-0.4, -0.2) is 21.6 Å². The zero-order chi connectivity index (χ0) is 13.9. The molecule has 1 aliphatic heterocycles. The van der Waals surface area contributed by atoms with Crippen LogP contribution in [0.5, 0.6) is 5.75 Å². The summed E-state index contributed by atoms with van der Waals surface area (Å²) in [4.78, 5) is 0.0973. The van der Waals surface area contributed by atoms with E-state index in [1.807, 2.05) is 0 Å². The second kappa shape index (κ2) is 5.51. The lowest BCUT2D eigenvalue weighted by molar-refractivity contribution is 0.280. The van der Waals surface area contributed by atoms with E-state index in [0.29, 0.717) is 18.0 Å². The molecule has 0 unspecified atom stereocenters. The molecule has 5 nitrogen and oxygen atoms in total. The minimum atomic E-state index is -3.65. The van der Waals surface area contributed by atoms with Crippen LogP contribution in [0.3, 0.4) is 0 Å².